The van der Waals surface area contributed by atoms with Crippen LogP contribution in [0.3, 0.4) is 0 Å². The van der Waals surface area contributed by atoms with E-state index in [0.717, 1.165) is 11.3 Å². The SMILES string of the molecule is CN/N=C(\N=N)c1ccc(OC)cc1. The van der Waals surface area contributed by atoms with Crippen molar-refractivity contribution in [3.05, 3.63) is 29.8 Å². The van der Waals surface area contributed by atoms with E-state index in [1.165, 1.54) is 0 Å². The summed E-state index contributed by atoms with van der Waals surface area (Å²) in [7, 11) is 3.27. The van der Waals surface area contributed by atoms with Crippen molar-refractivity contribution in [2.45, 2.75) is 0 Å². The molecule has 5 nitrogen and oxygen atoms in total. The van der Waals surface area contributed by atoms with Crippen LogP contribution < -0.4 is 10.2 Å². The summed E-state index contributed by atoms with van der Waals surface area (Å²) in [5.74, 6) is 1.11. The lowest BCUT2D eigenvalue weighted by molar-refractivity contribution is 0.415. The van der Waals surface area contributed by atoms with Gasteiger partial charge in [0.2, 0.25) is 0 Å². The fourth-order valence-corrected chi connectivity index (χ4v) is 1.00. The minimum atomic E-state index is 0.343. The Bertz CT molecular complexity index is 331. The van der Waals surface area contributed by atoms with Crippen molar-refractivity contribution >= 4 is 5.84 Å². The molecule has 1 aromatic rings. The first-order valence-electron chi connectivity index (χ1n) is 4.08. The quantitative estimate of drug-likeness (QED) is 0.330. The molecule has 0 atom stereocenters. The van der Waals surface area contributed by atoms with Gasteiger partial charge in [0.05, 0.1) is 7.11 Å². The first kappa shape index (κ1) is 10.2. The normalized spacial score (nSPS) is 10.9. The molecule has 14 heavy (non-hydrogen) atoms. The second kappa shape index (κ2) is 4.96. The van der Waals surface area contributed by atoms with Crippen LogP contribution in [0.1, 0.15) is 5.56 Å². The summed E-state index contributed by atoms with van der Waals surface area (Å²) < 4.78 is 5.01. The standard InChI is InChI=1S/C9H12N4O/c1-11-13-9(12-10)7-3-5-8(14-2)6-4-7/h3-6,10-11H,1-2H3/b12-10?,13-9-. The van der Waals surface area contributed by atoms with E-state index in [1.807, 2.05) is 0 Å². The van der Waals surface area contributed by atoms with Crippen LogP contribution in [0.2, 0.25) is 0 Å². The topological polar surface area (TPSA) is 69.8 Å². The third-order valence-corrected chi connectivity index (χ3v) is 1.67. The largest absolute Gasteiger partial charge is 0.497 e. The van der Waals surface area contributed by atoms with Gasteiger partial charge in [0.1, 0.15) is 5.75 Å². The van der Waals surface area contributed by atoms with E-state index in [1.54, 1.807) is 38.4 Å². The van der Waals surface area contributed by atoms with E-state index in [4.69, 9.17) is 10.3 Å². The Kier molecular flexibility index (Phi) is 3.60. The Morgan fingerprint density at radius 2 is 2.00 bits per heavy atom. The van der Waals surface area contributed by atoms with Crippen LogP contribution in [0.4, 0.5) is 0 Å². The van der Waals surface area contributed by atoms with Crippen LogP contribution >= 0.6 is 0 Å². The Morgan fingerprint density at radius 1 is 1.36 bits per heavy atom. The predicted octanol–water partition coefficient (Wildman–Crippen LogP) is 1.61. The van der Waals surface area contributed by atoms with Gasteiger partial charge in [-0.2, -0.15) is 5.10 Å². The first-order chi connectivity index (χ1) is 6.81. The van der Waals surface area contributed by atoms with Crippen molar-refractivity contribution in [1.29, 1.82) is 5.53 Å². The zero-order chi connectivity index (χ0) is 10.4. The van der Waals surface area contributed by atoms with Crippen LogP contribution in [0.25, 0.3) is 0 Å². The van der Waals surface area contributed by atoms with Gasteiger partial charge in [-0.3, -0.25) is 0 Å². The molecule has 0 amide bonds. The molecule has 0 aromatic heterocycles. The number of methoxy groups -OCH3 is 1. The average molecular weight is 192 g/mol. The van der Waals surface area contributed by atoms with Crippen LogP contribution in [0, 0.1) is 5.53 Å². The summed E-state index contributed by atoms with van der Waals surface area (Å²) in [5.41, 5.74) is 10.3. The van der Waals surface area contributed by atoms with E-state index >= 15 is 0 Å². The van der Waals surface area contributed by atoms with Crippen LogP contribution in [-0.2, 0) is 0 Å². The number of amidine groups is 1. The molecule has 0 spiro atoms. The third-order valence-electron chi connectivity index (χ3n) is 1.67. The molecule has 1 rings (SSSR count). The lowest BCUT2D eigenvalue weighted by Gasteiger charge is -2.01. The molecule has 0 bridgehead atoms. The second-order valence-electron chi connectivity index (χ2n) is 2.50. The predicted molar refractivity (Wildman–Crippen MR) is 53.7 cm³/mol. The molecular formula is C9H12N4O. The van der Waals surface area contributed by atoms with Gasteiger partial charge in [-0.25, -0.2) is 5.53 Å². The van der Waals surface area contributed by atoms with E-state index in [9.17, 15) is 0 Å². The highest BCUT2D eigenvalue weighted by Crippen LogP contribution is 2.12. The minimum Gasteiger partial charge on any atom is -0.497 e. The molecule has 0 aliphatic heterocycles. The number of hydrogen-bond acceptors (Lipinski definition) is 4. The molecule has 5 heteroatoms. The summed E-state index contributed by atoms with van der Waals surface area (Å²) >= 11 is 0. The molecule has 0 aliphatic carbocycles. The van der Waals surface area contributed by atoms with E-state index in [2.05, 4.69) is 15.6 Å². The highest BCUT2D eigenvalue weighted by Gasteiger charge is 2.01. The maximum absolute atomic E-state index is 6.92. The summed E-state index contributed by atoms with van der Waals surface area (Å²) in [6, 6.07) is 7.19. The lowest BCUT2D eigenvalue weighted by atomic mass is 10.2. The molecule has 74 valence electrons. The summed E-state index contributed by atoms with van der Waals surface area (Å²) in [4.78, 5) is 0. The second-order valence-corrected chi connectivity index (χ2v) is 2.50. The maximum atomic E-state index is 6.92. The Balaban J connectivity index is 2.95. The van der Waals surface area contributed by atoms with Gasteiger partial charge >= 0.3 is 0 Å². The number of ether oxygens (including phenoxy) is 1. The molecule has 0 radical (unpaired) electrons. The third kappa shape index (κ3) is 2.29. The Morgan fingerprint density at radius 3 is 2.43 bits per heavy atom. The van der Waals surface area contributed by atoms with Gasteiger partial charge in [-0.05, 0) is 24.3 Å². The molecule has 0 saturated carbocycles. The molecular weight excluding hydrogens is 180 g/mol. The van der Waals surface area contributed by atoms with Gasteiger partial charge in [0.15, 0.2) is 5.84 Å². The van der Waals surface area contributed by atoms with E-state index in [-0.39, 0.29) is 0 Å². The van der Waals surface area contributed by atoms with Gasteiger partial charge in [0.25, 0.3) is 0 Å². The zero-order valence-corrected chi connectivity index (χ0v) is 8.11. The van der Waals surface area contributed by atoms with Crippen molar-refractivity contribution in [2.75, 3.05) is 14.2 Å². The first-order valence-corrected chi connectivity index (χ1v) is 4.08. The maximum Gasteiger partial charge on any atom is 0.200 e. The monoisotopic (exact) mass is 192 g/mol. The summed E-state index contributed by atoms with van der Waals surface area (Å²) in [6.07, 6.45) is 0. The van der Waals surface area contributed by atoms with Crippen LogP contribution in [-0.4, -0.2) is 20.0 Å². The number of nitrogens with zero attached hydrogens (tertiary/aromatic N) is 2. The Labute approximate surface area is 82.3 Å². The summed E-state index contributed by atoms with van der Waals surface area (Å²) in [5, 5.41) is 7.14. The van der Waals surface area contributed by atoms with Gasteiger partial charge in [-0.1, -0.05) is 0 Å². The number of benzene rings is 1. The van der Waals surface area contributed by atoms with Crippen molar-refractivity contribution in [3.63, 3.8) is 0 Å². The number of nitrogens with one attached hydrogen (secondary N) is 2. The van der Waals surface area contributed by atoms with Crippen LogP contribution in [0.5, 0.6) is 5.75 Å². The highest BCUT2D eigenvalue weighted by molar-refractivity contribution is 5.98. The fraction of sp³-hybridized carbons (Fsp3) is 0.222. The number of hydrogen-bond donors (Lipinski definition) is 2. The molecule has 0 fully saturated rings. The molecule has 0 saturated heterocycles. The van der Waals surface area contributed by atoms with Crippen molar-refractivity contribution < 1.29 is 4.74 Å². The molecule has 2 N–H and O–H groups in total. The molecule has 0 unspecified atom stereocenters. The van der Waals surface area contributed by atoms with Crippen LogP contribution in [0.15, 0.2) is 34.5 Å². The van der Waals surface area contributed by atoms with Crippen molar-refractivity contribution in [1.82, 2.24) is 5.43 Å². The smallest absolute Gasteiger partial charge is 0.200 e. The number of hydrazone groups is 1. The minimum absolute atomic E-state index is 0.343. The van der Waals surface area contributed by atoms with E-state index in [0.29, 0.717) is 5.84 Å². The van der Waals surface area contributed by atoms with Gasteiger partial charge < -0.3 is 10.2 Å². The Hall–Kier alpha value is -1.91. The van der Waals surface area contributed by atoms with Gasteiger partial charge in [0, 0.05) is 12.6 Å². The molecule has 1 aromatic carbocycles. The van der Waals surface area contributed by atoms with Crippen molar-refractivity contribution in [3.8, 4) is 5.75 Å². The highest BCUT2D eigenvalue weighted by atomic mass is 16.5. The van der Waals surface area contributed by atoms with Gasteiger partial charge in [-0.15, -0.1) is 5.11 Å². The van der Waals surface area contributed by atoms with Crippen molar-refractivity contribution in [2.24, 2.45) is 10.2 Å². The van der Waals surface area contributed by atoms with E-state index < -0.39 is 0 Å². The molecule has 0 aliphatic rings. The number of rotatable bonds is 3. The fourth-order valence-electron chi connectivity index (χ4n) is 1.00. The zero-order valence-electron chi connectivity index (χ0n) is 8.11. The summed E-state index contributed by atoms with van der Waals surface area (Å²) in [6.45, 7) is 0. The average Bonchev–Trinajstić information content (AvgIpc) is 2.26. The lowest BCUT2D eigenvalue weighted by Crippen LogP contribution is -2.03. The molecule has 0 heterocycles.